The molecule has 1 saturated carbocycles. The lowest BCUT2D eigenvalue weighted by Crippen LogP contribution is -2.38. The first-order chi connectivity index (χ1) is 16.0. The molecule has 1 aromatic heterocycles. The van der Waals surface area contributed by atoms with Crippen molar-refractivity contribution in [3.05, 3.63) is 59.8 Å². The number of H-pyrrole nitrogens is 1. The highest BCUT2D eigenvalue weighted by Gasteiger charge is 2.28. The van der Waals surface area contributed by atoms with Crippen LogP contribution < -0.4 is 5.32 Å². The van der Waals surface area contributed by atoms with Gasteiger partial charge in [-0.05, 0) is 72.9 Å². The molecule has 176 valence electrons. The molecule has 2 heterocycles. The number of benzene rings is 2. The first-order valence-electron chi connectivity index (χ1n) is 12.4. The van der Waals surface area contributed by atoms with Gasteiger partial charge in [-0.1, -0.05) is 43.2 Å². The monoisotopic (exact) mass is 465 g/mol. The van der Waals surface area contributed by atoms with E-state index in [4.69, 9.17) is 0 Å². The molecule has 1 aliphatic carbocycles. The molecule has 0 amide bonds. The van der Waals surface area contributed by atoms with Crippen LogP contribution in [-0.2, 0) is 16.6 Å². The summed E-state index contributed by atoms with van der Waals surface area (Å²) in [5.41, 5.74) is 6.26. The van der Waals surface area contributed by atoms with Gasteiger partial charge < -0.3 is 10.3 Å². The van der Waals surface area contributed by atoms with Gasteiger partial charge in [0.25, 0.3) is 0 Å². The summed E-state index contributed by atoms with van der Waals surface area (Å²) >= 11 is 0. The first-order valence-corrected chi connectivity index (χ1v) is 14.1. The summed E-state index contributed by atoms with van der Waals surface area (Å²) in [5.74, 6) is 0.574. The van der Waals surface area contributed by atoms with Crippen molar-refractivity contribution in [2.75, 3.05) is 18.8 Å². The van der Waals surface area contributed by atoms with Crippen molar-refractivity contribution in [3.63, 3.8) is 0 Å². The van der Waals surface area contributed by atoms with E-state index >= 15 is 0 Å². The fraction of sp³-hybridized carbons (Fsp3) is 0.481. The van der Waals surface area contributed by atoms with Gasteiger partial charge in [0, 0.05) is 42.8 Å². The second kappa shape index (κ2) is 9.61. The maximum absolute atomic E-state index is 12.2. The van der Waals surface area contributed by atoms with Crippen molar-refractivity contribution in [2.45, 2.75) is 64.0 Å². The average Bonchev–Trinajstić information content (AvgIpc) is 3.53. The Hall–Kier alpha value is -2.15. The van der Waals surface area contributed by atoms with E-state index in [2.05, 4.69) is 59.0 Å². The smallest absolute Gasteiger partial charge is 0.213 e. The summed E-state index contributed by atoms with van der Waals surface area (Å²) in [6, 6.07) is 16.3. The van der Waals surface area contributed by atoms with Crippen LogP contribution in [0.1, 0.15) is 62.5 Å². The lowest BCUT2D eigenvalue weighted by atomic mass is 9.89. The minimum absolute atomic E-state index is 0.184. The zero-order chi connectivity index (χ0) is 22.8. The quantitative estimate of drug-likeness (QED) is 0.491. The van der Waals surface area contributed by atoms with E-state index in [1.165, 1.54) is 53.3 Å². The number of piperidine rings is 1. The molecule has 6 heteroatoms. The number of aromatic amines is 1. The minimum Gasteiger partial charge on any atom is -0.361 e. The number of fused-ring (bicyclic) bond motifs is 1. The Morgan fingerprint density at radius 1 is 0.970 bits per heavy atom. The molecule has 0 bridgehead atoms. The van der Waals surface area contributed by atoms with Crippen LogP contribution >= 0.6 is 0 Å². The maximum Gasteiger partial charge on any atom is 0.213 e. The lowest BCUT2D eigenvalue weighted by molar-refractivity contribution is 0.321. The Bertz CT molecular complexity index is 1190. The summed E-state index contributed by atoms with van der Waals surface area (Å²) in [4.78, 5) is 3.43. The molecule has 1 aliphatic heterocycles. The fourth-order valence-corrected chi connectivity index (χ4v) is 6.63. The molecule has 5 rings (SSSR count). The van der Waals surface area contributed by atoms with E-state index in [0.29, 0.717) is 25.0 Å². The van der Waals surface area contributed by atoms with Gasteiger partial charge in [-0.25, -0.2) is 12.7 Å². The van der Waals surface area contributed by atoms with Crippen LogP contribution in [0.3, 0.4) is 0 Å². The van der Waals surface area contributed by atoms with E-state index in [0.717, 1.165) is 24.9 Å². The van der Waals surface area contributed by atoms with E-state index in [1.807, 2.05) is 0 Å². The second-order valence-corrected chi connectivity index (χ2v) is 11.9. The first kappa shape index (κ1) is 22.6. The predicted octanol–water partition coefficient (Wildman–Crippen LogP) is 5.40. The Kier molecular flexibility index (Phi) is 6.59. The van der Waals surface area contributed by atoms with Gasteiger partial charge >= 0.3 is 0 Å². The van der Waals surface area contributed by atoms with Crippen LogP contribution in [0.4, 0.5) is 0 Å². The molecule has 5 nitrogen and oxygen atoms in total. The average molecular weight is 466 g/mol. The van der Waals surface area contributed by atoms with Gasteiger partial charge in [-0.15, -0.1) is 0 Å². The van der Waals surface area contributed by atoms with Crippen LogP contribution in [0.5, 0.6) is 0 Å². The SMILES string of the molecule is CCS(=O)(=O)N1CCC(c2c[nH]c3ccc(-c4ccc(CNC5CCCC5)cc4)cc23)CC1. The van der Waals surface area contributed by atoms with Crippen LogP contribution in [0, 0.1) is 0 Å². The molecule has 2 fully saturated rings. The number of hydrogen-bond donors (Lipinski definition) is 2. The number of sulfonamides is 1. The molecule has 33 heavy (non-hydrogen) atoms. The number of hydrogen-bond acceptors (Lipinski definition) is 3. The Morgan fingerprint density at radius 3 is 2.36 bits per heavy atom. The molecule has 0 unspecified atom stereocenters. The third-order valence-electron chi connectivity index (χ3n) is 7.60. The van der Waals surface area contributed by atoms with Crippen molar-refractivity contribution in [3.8, 4) is 11.1 Å². The third-order valence-corrected chi connectivity index (χ3v) is 9.48. The summed E-state index contributed by atoms with van der Waals surface area (Å²) in [7, 11) is -3.09. The fourth-order valence-electron chi connectivity index (χ4n) is 5.49. The van der Waals surface area contributed by atoms with Gasteiger partial charge in [-0.2, -0.15) is 0 Å². The molecular weight excluding hydrogens is 430 g/mol. The normalized spacial score (nSPS) is 18.9. The van der Waals surface area contributed by atoms with Crippen molar-refractivity contribution < 1.29 is 8.42 Å². The second-order valence-electron chi connectivity index (χ2n) is 9.64. The Balaban J connectivity index is 1.30. The Labute approximate surface area is 197 Å². The molecule has 3 aromatic rings. The minimum atomic E-state index is -3.09. The molecule has 2 aliphatic rings. The summed E-state index contributed by atoms with van der Waals surface area (Å²) in [6.07, 6.45) is 9.21. The summed E-state index contributed by atoms with van der Waals surface area (Å²) in [5, 5.41) is 4.95. The van der Waals surface area contributed by atoms with Crippen LogP contribution in [-0.4, -0.2) is 42.6 Å². The topological polar surface area (TPSA) is 65.2 Å². The summed E-state index contributed by atoms with van der Waals surface area (Å²) < 4.78 is 26.1. The van der Waals surface area contributed by atoms with E-state index < -0.39 is 10.0 Å². The van der Waals surface area contributed by atoms with Crippen LogP contribution in [0.15, 0.2) is 48.7 Å². The highest BCUT2D eigenvalue weighted by molar-refractivity contribution is 7.89. The maximum atomic E-state index is 12.2. The molecule has 2 aromatic carbocycles. The molecule has 0 spiro atoms. The van der Waals surface area contributed by atoms with Crippen molar-refractivity contribution in [2.24, 2.45) is 0 Å². The molecule has 2 N–H and O–H groups in total. The van der Waals surface area contributed by atoms with E-state index in [-0.39, 0.29) is 5.75 Å². The van der Waals surface area contributed by atoms with Gasteiger partial charge in [0.15, 0.2) is 0 Å². The van der Waals surface area contributed by atoms with Crippen molar-refractivity contribution in [1.29, 1.82) is 0 Å². The highest BCUT2D eigenvalue weighted by atomic mass is 32.2. The van der Waals surface area contributed by atoms with Crippen LogP contribution in [0.25, 0.3) is 22.0 Å². The number of nitrogens with one attached hydrogen (secondary N) is 2. The largest absolute Gasteiger partial charge is 0.361 e. The zero-order valence-electron chi connectivity index (χ0n) is 19.5. The van der Waals surface area contributed by atoms with E-state index in [9.17, 15) is 8.42 Å². The standard InChI is InChI=1S/C27H35N3O2S/c1-2-33(31,32)30-15-13-22(14-16-30)26-19-29-27-12-11-23(17-25(26)27)21-9-7-20(8-10-21)18-28-24-5-3-4-6-24/h7-12,17,19,22,24,28-29H,2-6,13-16,18H2,1H3. The Morgan fingerprint density at radius 2 is 1.67 bits per heavy atom. The van der Waals surface area contributed by atoms with Gasteiger partial charge in [0.05, 0.1) is 5.75 Å². The third kappa shape index (κ3) is 4.88. The number of aromatic nitrogens is 1. The molecular formula is C27H35N3O2S. The predicted molar refractivity (Wildman–Crippen MR) is 136 cm³/mol. The number of rotatable bonds is 7. The van der Waals surface area contributed by atoms with Crippen molar-refractivity contribution in [1.82, 2.24) is 14.6 Å². The van der Waals surface area contributed by atoms with Gasteiger partial charge in [-0.3, -0.25) is 0 Å². The van der Waals surface area contributed by atoms with Gasteiger partial charge in [0.2, 0.25) is 10.0 Å². The molecule has 1 saturated heterocycles. The van der Waals surface area contributed by atoms with Crippen molar-refractivity contribution >= 4 is 20.9 Å². The molecule has 0 radical (unpaired) electrons. The van der Waals surface area contributed by atoms with E-state index in [1.54, 1.807) is 11.2 Å². The summed E-state index contributed by atoms with van der Waals surface area (Å²) in [6.45, 7) is 3.90. The van der Waals surface area contributed by atoms with Gasteiger partial charge in [0.1, 0.15) is 0 Å². The zero-order valence-corrected chi connectivity index (χ0v) is 20.3. The lowest BCUT2D eigenvalue weighted by Gasteiger charge is -2.30. The number of nitrogens with zero attached hydrogens (tertiary/aromatic N) is 1. The van der Waals surface area contributed by atoms with Crippen LogP contribution in [0.2, 0.25) is 0 Å². The molecule has 0 atom stereocenters. The highest BCUT2D eigenvalue weighted by Crippen LogP contribution is 2.35.